The fourth-order valence-corrected chi connectivity index (χ4v) is 2.73. The maximum Gasteiger partial charge on any atom is 0.319 e. The number of hydrogen-bond acceptors (Lipinski definition) is 2. The van der Waals surface area contributed by atoms with E-state index in [1.807, 2.05) is 55.5 Å². The number of carbonyl (C=O) groups is 1. The van der Waals surface area contributed by atoms with Crippen LogP contribution in [-0.4, -0.2) is 19.2 Å². The van der Waals surface area contributed by atoms with Crippen molar-refractivity contribution in [1.82, 2.24) is 5.32 Å². The highest BCUT2D eigenvalue weighted by atomic mass is 16.5. The van der Waals surface area contributed by atoms with E-state index in [1.165, 1.54) is 0 Å². The number of amides is 2. The van der Waals surface area contributed by atoms with E-state index in [0.717, 1.165) is 29.0 Å². The second-order valence-corrected chi connectivity index (χ2v) is 6.97. The first-order valence-corrected chi connectivity index (χ1v) is 8.77. The van der Waals surface area contributed by atoms with Crippen LogP contribution in [0, 0.1) is 0 Å². The van der Waals surface area contributed by atoms with Gasteiger partial charge >= 0.3 is 6.03 Å². The Morgan fingerprint density at radius 3 is 2.44 bits per heavy atom. The van der Waals surface area contributed by atoms with Gasteiger partial charge in [0.2, 0.25) is 0 Å². The predicted molar refractivity (Wildman–Crippen MR) is 103 cm³/mol. The Hall–Kier alpha value is -2.49. The largest absolute Gasteiger partial charge is 0.494 e. The molecule has 0 fully saturated rings. The summed E-state index contributed by atoms with van der Waals surface area (Å²) in [6, 6.07) is 15.6. The first-order valence-electron chi connectivity index (χ1n) is 8.77. The number of urea groups is 1. The van der Waals surface area contributed by atoms with E-state index in [9.17, 15) is 4.79 Å². The van der Waals surface area contributed by atoms with Gasteiger partial charge in [-0.25, -0.2) is 4.79 Å². The van der Waals surface area contributed by atoms with E-state index in [1.54, 1.807) is 0 Å². The SMILES string of the molecule is CCOc1ccccc1CCNC(=O)Nc1ccccc1C(C)(C)C. The maximum absolute atomic E-state index is 12.2. The fraction of sp³-hybridized carbons (Fsp3) is 0.381. The molecule has 0 aliphatic rings. The fourth-order valence-electron chi connectivity index (χ4n) is 2.73. The normalized spacial score (nSPS) is 11.0. The van der Waals surface area contributed by atoms with Crippen molar-refractivity contribution in [2.45, 2.75) is 39.5 Å². The minimum atomic E-state index is -0.189. The third-order valence-electron chi connectivity index (χ3n) is 3.94. The Morgan fingerprint density at radius 2 is 1.72 bits per heavy atom. The number of para-hydroxylation sites is 2. The van der Waals surface area contributed by atoms with E-state index in [4.69, 9.17) is 4.74 Å². The average molecular weight is 340 g/mol. The number of ether oxygens (including phenoxy) is 1. The zero-order chi connectivity index (χ0) is 18.3. The van der Waals surface area contributed by atoms with Gasteiger partial charge < -0.3 is 15.4 Å². The molecule has 0 heterocycles. The van der Waals surface area contributed by atoms with Gasteiger partial charge in [-0.05, 0) is 42.0 Å². The average Bonchev–Trinajstić information content (AvgIpc) is 2.56. The van der Waals surface area contributed by atoms with Crippen LogP contribution in [0.25, 0.3) is 0 Å². The van der Waals surface area contributed by atoms with Gasteiger partial charge in [0.05, 0.1) is 6.61 Å². The molecule has 25 heavy (non-hydrogen) atoms. The Morgan fingerprint density at radius 1 is 1.04 bits per heavy atom. The Bertz CT molecular complexity index is 705. The molecule has 0 bridgehead atoms. The first-order chi connectivity index (χ1) is 11.9. The molecule has 2 rings (SSSR count). The summed E-state index contributed by atoms with van der Waals surface area (Å²) in [4.78, 5) is 12.2. The zero-order valence-electron chi connectivity index (χ0n) is 15.6. The van der Waals surface area contributed by atoms with Crippen molar-refractivity contribution in [3.05, 3.63) is 59.7 Å². The van der Waals surface area contributed by atoms with Gasteiger partial charge in [-0.15, -0.1) is 0 Å². The summed E-state index contributed by atoms with van der Waals surface area (Å²) in [6.45, 7) is 9.56. The van der Waals surface area contributed by atoms with Crippen molar-refractivity contribution in [1.29, 1.82) is 0 Å². The zero-order valence-corrected chi connectivity index (χ0v) is 15.6. The van der Waals surface area contributed by atoms with Gasteiger partial charge in [0.1, 0.15) is 5.75 Å². The molecule has 0 aliphatic carbocycles. The molecule has 0 spiro atoms. The molecule has 2 N–H and O–H groups in total. The smallest absolute Gasteiger partial charge is 0.319 e. The van der Waals surface area contributed by atoms with E-state index in [0.29, 0.717) is 13.2 Å². The Balaban J connectivity index is 1.92. The lowest BCUT2D eigenvalue weighted by Gasteiger charge is -2.23. The molecular weight excluding hydrogens is 312 g/mol. The van der Waals surface area contributed by atoms with Crippen LogP contribution in [0.15, 0.2) is 48.5 Å². The van der Waals surface area contributed by atoms with Crippen molar-refractivity contribution in [2.24, 2.45) is 0 Å². The predicted octanol–water partition coefficient (Wildman–Crippen LogP) is 4.75. The van der Waals surface area contributed by atoms with Gasteiger partial charge in [0, 0.05) is 12.2 Å². The standard InChI is InChI=1S/C21H28N2O2/c1-5-25-19-13-9-6-10-16(19)14-15-22-20(24)23-18-12-8-7-11-17(18)21(2,3)4/h6-13H,5,14-15H2,1-4H3,(H2,22,23,24). The number of carbonyl (C=O) groups excluding carboxylic acids is 1. The lowest BCUT2D eigenvalue weighted by Crippen LogP contribution is -2.31. The minimum absolute atomic E-state index is 0.0275. The van der Waals surface area contributed by atoms with E-state index in [-0.39, 0.29) is 11.4 Å². The van der Waals surface area contributed by atoms with Crippen molar-refractivity contribution in [3.63, 3.8) is 0 Å². The third-order valence-corrected chi connectivity index (χ3v) is 3.94. The molecule has 0 saturated carbocycles. The summed E-state index contributed by atoms with van der Waals surface area (Å²) in [5.74, 6) is 0.880. The highest BCUT2D eigenvalue weighted by molar-refractivity contribution is 5.90. The number of rotatable bonds is 6. The van der Waals surface area contributed by atoms with E-state index >= 15 is 0 Å². The molecule has 0 saturated heterocycles. The van der Waals surface area contributed by atoms with Crippen LogP contribution in [-0.2, 0) is 11.8 Å². The molecule has 4 heteroatoms. The van der Waals surface area contributed by atoms with Gasteiger partial charge in [-0.3, -0.25) is 0 Å². The van der Waals surface area contributed by atoms with Crippen LogP contribution in [0.5, 0.6) is 5.75 Å². The van der Waals surface area contributed by atoms with Crippen molar-refractivity contribution < 1.29 is 9.53 Å². The summed E-state index contributed by atoms with van der Waals surface area (Å²) in [5, 5.41) is 5.88. The van der Waals surface area contributed by atoms with E-state index in [2.05, 4.69) is 31.4 Å². The van der Waals surface area contributed by atoms with Crippen molar-refractivity contribution in [2.75, 3.05) is 18.5 Å². The van der Waals surface area contributed by atoms with Crippen molar-refractivity contribution in [3.8, 4) is 5.75 Å². The molecule has 2 amide bonds. The molecule has 134 valence electrons. The van der Waals surface area contributed by atoms with Gasteiger partial charge in [-0.2, -0.15) is 0 Å². The van der Waals surface area contributed by atoms with Crippen LogP contribution in [0.3, 0.4) is 0 Å². The summed E-state index contributed by atoms with van der Waals surface area (Å²) >= 11 is 0. The second-order valence-electron chi connectivity index (χ2n) is 6.97. The summed E-state index contributed by atoms with van der Waals surface area (Å²) < 4.78 is 5.62. The number of anilines is 1. The van der Waals surface area contributed by atoms with E-state index < -0.39 is 0 Å². The van der Waals surface area contributed by atoms with Crippen LogP contribution in [0.4, 0.5) is 10.5 Å². The van der Waals surface area contributed by atoms with Crippen LogP contribution in [0.2, 0.25) is 0 Å². The highest BCUT2D eigenvalue weighted by Gasteiger charge is 2.18. The number of hydrogen-bond donors (Lipinski definition) is 2. The molecule has 2 aromatic carbocycles. The quantitative estimate of drug-likeness (QED) is 0.797. The minimum Gasteiger partial charge on any atom is -0.494 e. The van der Waals surface area contributed by atoms with Crippen LogP contribution in [0.1, 0.15) is 38.8 Å². The molecule has 4 nitrogen and oxygen atoms in total. The van der Waals surface area contributed by atoms with Crippen LogP contribution < -0.4 is 15.4 Å². The highest BCUT2D eigenvalue weighted by Crippen LogP contribution is 2.29. The van der Waals surface area contributed by atoms with Gasteiger partial charge in [0.25, 0.3) is 0 Å². The molecule has 0 unspecified atom stereocenters. The Kier molecular flexibility index (Phi) is 6.45. The molecule has 0 radical (unpaired) electrons. The monoisotopic (exact) mass is 340 g/mol. The molecule has 0 aromatic heterocycles. The Labute approximate surface area is 150 Å². The van der Waals surface area contributed by atoms with Crippen LogP contribution >= 0.6 is 0 Å². The molecule has 0 aliphatic heterocycles. The first kappa shape index (κ1) is 18.8. The molecule has 2 aromatic rings. The van der Waals surface area contributed by atoms with Gasteiger partial charge in [0.15, 0.2) is 0 Å². The lowest BCUT2D eigenvalue weighted by atomic mass is 9.86. The van der Waals surface area contributed by atoms with Crippen molar-refractivity contribution >= 4 is 11.7 Å². The summed E-state index contributed by atoms with van der Waals surface area (Å²) in [6.07, 6.45) is 0.727. The number of nitrogens with one attached hydrogen (secondary N) is 2. The number of benzene rings is 2. The maximum atomic E-state index is 12.2. The third kappa shape index (κ3) is 5.52. The van der Waals surface area contributed by atoms with Gasteiger partial charge in [-0.1, -0.05) is 57.2 Å². The topological polar surface area (TPSA) is 50.4 Å². The summed E-state index contributed by atoms with van der Waals surface area (Å²) in [7, 11) is 0. The second kappa shape index (κ2) is 8.56. The molecular formula is C21H28N2O2. The molecule has 0 atom stereocenters. The lowest BCUT2D eigenvalue weighted by molar-refractivity contribution is 0.252. The summed E-state index contributed by atoms with van der Waals surface area (Å²) in [5.41, 5.74) is 3.04.